The number of aromatic nitrogens is 2. The monoisotopic (exact) mass is 293 g/mol. The minimum Gasteiger partial charge on any atom is -0.355 e. The Morgan fingerprint density at radius 1 is 1.42 bits per heavy atom. The quantitative estimate of drug-likeness (QED) is 0.751. The van der Waals surface area contributed by atoms with Gasteiger partial charge < -0.3 is 5.32 Å². The molecule has 0 bridgehead atoms. The first-order chi connectivity index (χ1) is 9.29. The summed E-state index contributed by atoms with van der Waals surface area (Å²) in [5.74, 6) is 0.414. The number of rotatable bonds is 4. The third kappa shape index (κ3) is 2.31. The summed E-state index contributed by atoms with van der Waals surface area (Å²) >= 11 is 7.11. The highest BCUT2D eigenvalue weighted by Crippen LogP contribution is 2.23. The molecule has 0 atom stereocenters. The van der Waals surface area contributed by atoms with Gasteiger partial charge in [0.15, 0.2) is 4.96 Å². The van der Waals surface area contributed by atoms with Crippen LogP contribution < -0.4 is 5.32 Å². The van der Waals surface area contributed by atoms with Gasteiger partial charge in [-0.2, -0.15) is 0 Å². The Balaban J connectivity index is 1.97. The van der Waals surface area contributed by atoms with Crippen molar-refractivity contribution in [2.75, 3.05) is 12.4 Å². The molecular weight excluding hydrogens is 282 g/mol. The fourth-order valence-corrected chi connectivity index (χ4v) is 3.07. The van der Waals surface area contributed by atoms with E-state index in [0.29, 0.717) is 18.8 Å². The molecule has 2 heterocycles. The van der Waals surface area contributed by atoms with Crippen LogP contribution in [-0.4, -0.2) is 27.7 Å². The van der Waals surface area contributed by atoms with Crippen molar-refractivity contribution in [3.63, 3.8) is 0 Å². The van der Waals surface area contributed by atoms with Crippen molar-refractivity contribution in [2.45, 2.75) is 6.42 Å². The molecule has 0 unspecified atom stereocenters. The highest BCUT2D eigenvalue weighted by molar-refractivity contribution is 7.15. The van der Waals surface area contributed by atoms with Crippen molar-refractivity contribution in [3.8, 4) is 0 Å². The molecule has 0 aliphatic carbocycles. The maximum absolute atomic E-state index is 11.8. The molecule has 2 aromatic heterocycles. The number of amides is 1. The number of halogens is 1. The largest absolute Gasteiger partial charge is 0.355 e. The van der Waals surface area contributed by atoms with Gasteiger partial charge in [0.1, 0.15) is 0 Å². The highest BCUT2D eigenvalue weighted by Gasteiger charge is 2.12. The van der Waals surface area contributed by atoms with E-state index in [1.165, 1.54) is 0 Å². The number of thiazole rings is 1. The SMILES string of the molecule is O=C(Cc1csc2nc3ccccc3n12)NCCCl. The summed E-state index contributed by atoms with van der Waals surface area (Å²) in [6.45, 7) is 0.498. The third-order valence-corrected chi connectivity index (χ3v) is 3.94. The Labute approximate surface area is 119 Å². The number of fused-ring (bicyclic) bond motifs is 3. The lowest BCUT2D eigenvalue weighted by Crippen LogP contribution is -2.27. The van der Waals surface area contributed by atoms with Gasteiger partial charge in [0.05, 0.1) is 17.5 Å². The summed E-state index contributed by atoms with van der Waals surface area (Å²) in [7, 11) is 0. The number of hydrogen-bond donors (Lipinski definition) is 1. The standard InChI is InChI=1S/C13H12ClN3OS/c14-5-6-15-12(18)7-9-8-19-13-16-10-3-1-2-4-11(10)17(9)13/h1-4,8H,5-7H2,(H,15,18). The first-order valence-corrected chi connectivity index (χ1v) is 7.37. The van der Waals surface area contributed by atoms with Crippen LogP contribution in [0.5, 0.6) is 0 Å². The summed E-state index contributed by atoms with van der Waals surface area (Å²) in [5.41, 5.74) is 2.96. The Bertz CT molecular complexity index is 734. The van der Waals surface area contributed by atoms with Crippen LogP contribution in [0.15, 0.2) is 29.6 Å². The van der Waals surface area contributed by atoms with E-state index in [-0.39, 0.29) is 5.91 Å². The Morgan fingerprint density at radius 3 is 3.11 bits per heavy atom. The molecule has 0 aliphatic rings. The molecule has 0 saturated heterocycles. The van der Waals surface area contributed by atoms with Crippen molar-refractivity contribution < 1.29 is 4.79 Å². The molecule has 1 amide bonds. The fraction of sp³-hybridized carbons (Fsp3) is 0.231. The number of carbonyl (C=O) groups excluding carboxylic acids is 1. The van der Waals surface area contributed by atoms with Crippen LogP contribution in [0.3, 0.4) is 0 Å². The molecule has 0 spiro atoms. The van der Waals surface area contributed by atoms with Crippen LogP contribution in [0.1, 0.15) is 5.69 Å². The van der Waals surface area contributed by atoms with Crippen LogP contribution in [0.2, 0.25) is 0 Å². The second-order valence-electron chi connectivity index (χ2n) is 4.16. The highest BCUT2D eigenvalue weighted by atomic mass is 35.5. The van der Waals surface area contributed by atoms with E-state index in [9.17, 15) is 4.79 Å². The first-order valence-electron chi connectivity index (χ1n) is 5.96. The maximum Gasteiger partial charge on any atom is 0.226 e. The van der Waals surface area contributed by atoms with Crippen LogP contribution >= 0.6 is 22.9 Å². The molecule has 98 valence electrons. The Hall–Kier alpha value is -1.59. The molecule has 4 nitrogen and oxygen atoms in total. The van der Waals surface area contributed by atoms with Gasteiger partial charge in [-0.15, -0.1) is 22.9 Å². The van der Waals surface area contributed by atoms with Gasteiger partial charge in [-0.05, 0) is 12.1 Å². The van der Waals surface area contributed by atoms with E-state index < -0.39 is 0 Å². The molecule has 3 rings (SSSR count). The predicted octanol–water partition coefficient (Wildman–Crippen LogP) is 2.45. The van der Waals surface area contributed by atoms with Gasteiger partial charge in [-0.1, -0.05) is 12.1 Å². The Kier molecular flexibility index (Phi) is 3.40. The van der Waals surface area contributed by atoms with Crippen LogP contribution in [0.25, 0.3) is 16.0 Å². The number of hydrogen-bond acceptors (Lipinski definition) is 3. The zero-order valence-corrected chi connectivity index (χ0v) is 11.7. The fourth-order valence-electron chi connectivity index (χ4n) is 2.07. The van der Waals surface area contributed by atoms with Gasteiger partial charge in [-0.3, -0.25) is 9.20 Å². The van der Waals surface area contributed by atoms with Gasteiger partial charge in [-0.25, -0.2) is 4.98 Å². The topological polar surface area (TPSA) is 46.4 Å². The summed E-state index contributed by atoms with van der Waals surface area (Å²) < 4.78 is 2.04. The zero-order chi connectivity index (χ0) is 13.2. The molecule has 19 heavy (non-hydrogen) atoms. The smallest absolute Gasteiger partial charge is 0.226 e. The van der Waals surface area contributed by atoms with Crippen LogP contribution in [0, 0.1) is 0 Å². The minimum absolute atomic E-state index is 0.0156. The maximum atomic E-state index is 11.8. The predicted molar refractivity (Wildman–Crippen MR) is 78.0 cm³/mol. The molecule has 0 saturated carbocycles. The van der Waals surface area contributed by atoms with Gasteiger partial charge in [0.25, 0.3) is 0 Å². The first kappa shape index (κ1) is 12.4. The van der Waals surface area contributed by atoms with Crippen molar-refractivity contribution in [1.29, 1.82) is 0 Å². The van der Waals surface area contributed by atoms with E-state index in [1.807, 2.05) is 34.0 Å². The average Bonchev–Trinajstić information content (AvgIpc) is 2.96. The number of nitrogens with zero attached hydrogens (tertiary/aromatic N) is 2. The van der Waals surface area contributed by atoms with Gasteiger partial charge >= 0.3 is 0 Å². The average molecular weight is 294 g/mol. The van der Waals surface area contributed by atoms with E-state index in [0.717, 1.165) is 21.7 Å². The van der Waals surface area contributed by atoms with Crippen LogP contribution in [0.4, 0.5) is 0 Å². The van der Waals surface area contributed by atoms with Crippen LogP contribution in [-0.2, 0) is 11.2 Å². The molecule has 1 N–H and O–H groups in total. The molecule has 6 heteroatoms. The van der Waals surface area contributed by atoms with Crippen molar-refractivity contribution in [3.05, 3.63) is 35.3 Å². The van der Waals surface area contributed by atoms with Crippen molar-refractivity contribution in [1.82, 2.24) is 14.7 Å². The molecular formula is C13H12ClN3OS. The molecule has 1 aromatic carbocycles. The van der Waals surface area contributed by atoms with Crippen molar-refractivity contribution in [2.24, 2.45) is 0 Å². The second-order valence-corrected chi connectivity index (χ2v) is 5.38. The van der Waals surface area contributed by atoms with E-state index >= 15 is 0 Å². The summed E-state index contributed by atoms with van der Waals surface area (Å²) in [5, 5.41) is 4.76. The molecule has 0 radical (unpaired) electrons. The summed E-state index contributed by atoms with van der Waals surface area (Å²) in [4.78, 5) is 17.2. The second kappa shape index (κ2) is 5.19. The lowest BCUT2D eigenvalue weighted by molar-refractivity contribution is -0.120. The normalized spacial score (nSPS) is 11.2. The number of carbonyl (C=O) groups is 1. The molecule has 3 aromatic rings. The molecule has 0 aliphatic heterocycles. The van der Waals surface area contributed by atoms with E-state index in [1.54, 1.807) is 11.3 Å². The Morgan fingerprint density at radius 2 is 2.26 bits per heavy atom. The zero-order valence-electron chi connectivity index (χ0n) is 10.1. The number of imidazole rings is 1. The third-order valence-electron chi connectivity index (χ3n) is 2.88. The summed E-state index contributed by atoms with van der Waals surface area (Å²) in [6, 6.07) is 7.94. The number of nitrogens with one attached hydrogen (secondary N) is 1. The van der Waals surface area contributed by atoms with Crippen molar-refractivity contribution >= 4 is 44.8 Å². The van der Waals surface area contributed by atoms with Gasteiger partial charge in [0.2, 0.25) is 5.91 Å². The molecule has 0 fully saturated rings. The number of benzene rings is 1. The lowest BCUT2D eigenvalue weighted by atomic mass is 10.3. The summed E-state index contributed by atoms with van der Waals surface area (Å²) in [6.07, 6.45) is 0.344. The van der Waals surface area contributed by atoms with Gasteiger partial charge in [0, 0.05) is 23.5 Å². The van der Waals surface area contributed by atoms with E-state index in [4.69, 9.17) is 11.6 Å². The minimum atomic E-state index is -0.0156. The lowest BCUT2D eigenvalue weighted by Gasteiger charge is -2.02. The number of para-hydroxylation sites is 2. The number of alkyl halides is 1. The van der Waals surface area contributed by atoms with E-state index in [2.05, 4.69) is 10.3 Å².